The van der Waals surface area contributed by atoms with Crippen LogP contribution in [-0.4, -0.2) is 4.98 Å². The van der Waals surface area contributed by atoms with Gasteiger partial charge in [0.25, 0.3) is 0 Å². The topological polar surface area (TPSA) is 19.0 Å². The Kier molecular flexibility index (Phi) is 4.09. The highest BCUT2D eigenvalue weighted by molar-refractivity contribution is 14.1. The van der Waals surface area contributed by atoms with E-state index in [0.29, 0.717) is 0 Å². The number of rotatable bonds is 3. The summed E-state index contributed by atoms with van der Waals surface area (Å²) in [7, 11) is 0. The summed E-state index contributed by atoms with van der Waals surface area (Å²) < 4.78 is 1.24. The molecule has 0 amide bonds. The zero-order chi connectivity index (χ0) is 18.2. The number of hydrogen-bond donors (Lipinski definition) is 1. The van der Waals surface area contributed by atoms with Crippen LogP contribution in [0.2, 0.25) is 0 Å². The fraction of sp³-hybridized carbons (Fsp3) is 0. The summed E-state index contributed by atoms with van der Waals surface area (Å²) in [6.45, 7) is 0. The van der Waals surface area contributed by atoms with Gasteiger partial charge in [0.15, 0.2) is 0 Å². The van der Waals surface area contributed by atoms with Crippen LogP contribution in [0.5, 0.6) is 0 Å². The highest BCUT2D eigenvalue weighted by Gasteiger charge is 2.14. The number of para-hydroxylation sites is 2. The van der Waals surface area contributed by atoms with Crippen molar-refractivity contribution >= 4 is 61.5 Å². The highest BCUT2D eigenvalue weighted by atomic mass is 127. The number of halogens is 1. The van der Waals surface area contributed by atoms with Crippen molar-refractivity contribution in [1.29, 1.82) is 0 Å². The van der Waals surface area contributed by atoms with Crippen LogP contribution in [0.25, 0.3) is 21.8 Å². The average molecular weight is 460 g/mol. The Bertz CT molecular complexity index is 1190. The molecule has 0 aliphatic rings. The number of H-pyrrole nitrogens is 1. The molecule has 0 radical (unpaired) electrons. The fourth-order valence-electron chi connectivity index (χ4n) is 3.60. The van der Waals surface area contributed by atoms with Crippen LogP contribution < -0.4 is 4.90 Å². The van der Waals surface area contributed by atoms with Gasteiger partial charge in [0.1, 0.15) is 0 Å². The zero-order valence-corrected chi connectivity index (χ0v) is 16.7. The van der Waals surface area contributed by atoms with E-state index in [-0.39, 0.29) is 0 Å². The molecule has 3 heteroatoms. The lowest BCUT2D eigenvalue weighted by atomic mass is 10.1. The van der Waals surface area contributed by atoms with Crippen LogP contribution in [0.4, 0.5) is 17.1 Å². The molecule has 1 aromatic heterocycles. The number of fused-ring (bicyclic) bond motifs is 3. The Hall–Kier alpha value is -2.79. The first-order valence-corrected chi connectivity index (χ1v) is 9.99. The Morgan fingerprint density at radius 2 is 1.11 bits per heavy atom. The molecule has 4 aromatic carbocycles. The van der Waals surface area contributed by atoms with E-state index in [1.54, 1.807) is 0 Å². The largest absolute Gasteiger partial charge is 0.355 e. The summed E-state index contributed by atoms with van der Waals surface area (Å²) >= 11 is 2.37. The van der Waals surface area contributed by atoms with Gasteiger partial charge >= 0.3 is 0 Å². The maximum Gasteiger partial charge on any atom is 0.0469 e. The van der Waals surface area contributed by atoms with Gasteiger partial charge < -0.3 is 9.88 Å². The smallest absolute Gasteiger partial charge is 0.0469 e. The minimum Gasteiger partial charge on any atom is -0.355 e. The molecule has 0 atom stereocenters. The van der Waals surface area contributed by atoms with E-state index in [0.717, 1.165) is 22.6 Å². The summed E-state index contributed by atoms with van der Waals surface area (Å²) in [5, 5.41) is 2.51. The second kappa shape index (κ2) is 6.74. The van der Waals surface area contributed by atoms with Gasteiger partial charge in [-0.15, -0.1) is 0 Å². The number of aromatic amines is 1. The van der Waals surface area contributed by atoms with E-state index < -0.39 is 0 Å². The molecule has 0 spiro atoms. The third-order valence-electron chi connectivity index (χ3n) is 4.83. The molecule has 0 unspecified atom stereocenters. The van der Waals surface area contributed by atoms with Crippen LogP contribution in [0.15, 0.2) is 97.1 Å². The normalized spacial score (nSPS) is 11.1. The molecular formula is C24H17IN2. The Balaban J connectivity index is 1.75. The van der Waals surface area contributed by atoms with Gasteiger partial charge in [0, 0.05) is 42.4 Å². The number of nitrogens with zero attached hydrogens (tertiary/aromatic N) is 1. The Morgan fingerprint density at radius 1 is 0.556 bits per heavy atom. The minimum absolute atomic E-state index is 1.15. The van der Waals surface area contributed by atoms with Crippen molar-refractivity contribution in [3.8, 4) is 0 Å². The molecule has 0 aliphatic heterocycles. The standard InChI is InChI=1S/C24H17IN2/c25-17-11-13-23-21(15-17)22-16-20(12-14-24(22)26-23)27(18-7-3-1-4-8-18)19-9-5-2-6-10-19/h1-16,26H. The maximum absolute atomic E-state index is 3.53. The monoisotopic (exact) mass is 460 g/mol. The van der Waals surface area contributed by atoms with Crippen molar-refractivity contribution in [2.45, 2.75) is 0 Å². The van der Waals surface area contributed by atoms with Crippen molar-refractivity contribution < 1.29 is 0 Å². The van der Waals surface area contributed by atoms with E-state index >= 15 is 0 Å². The van der Waals surface area contributed by atoms with Crippen molar-refractivity contribution in [3.63, 3.8) is 0 Å². The third kappa shape index (κ3) is 2.98. The average Bonchev–Trinajstić information content (AvgIpc) is 3.07. The predicted octanol–water partition coefficient (Wildman–Crippen LogP) is 7.40. The van der Waals surface area contributed by atoms with Crippen molar-refractivity contribution in [1.82, 2.24) is 4.98 Å². The summed E-state index contributed by atoms with van der Waals surface area (Å²) in [6.07, 6.45) is 0. The third-order valence-corrected chi connectivity index (χ3v) is 5.50. The number of nitrogens with one attached hydrogen (secondary N) is 1. The van der Waals surface area contributed by atoms with E-state index in [9.17, 15) is 0 Å². The molecule has 1 heterocycles. The Labute approximate surface area is 171 Å². The van der Waals surface area contributed by atoms with Gasteiger partial charge in [0.2, 0.25) is 0 Å². The summed E-state index contributed by atoms with van der Waals surface area (Å²) in [5.74, 6) is 0. The first-order chi connectivity index (χ1) is 13.3. The molecule has 130 valence electrons. The van der Waals surface area contributed by atoms with Gasteiger partial charge in [-0.2, -0.15) is 0 Å². The van der Waals surface area contributed by atoms with E-state index in [4.69, 9.17) is 0 Å². The molecule has 5 rings (SSSR count). The fourth-order valence-corrected chi connectivity index (χ4v) is 4.09. The number of anilines is 3. The minimum atomic E-state index is 1.15. The van der Waals surface area contributed by atoms with E-state index in [1.165, 1.54) is 19.9 Å². The second-order valence-electron chi connectivity index (χ2n) is 6.55. The molecule has 0 bridgehead atoms. The van der Waals surface area contributed by atoms with Crippen LogP contribution in [-0.2, 0) is 0 Å². The maximum atomic E-state index is 3.53. The molecule has 0 saturated carbocycles. The molecule has 27 heavy (non-hydrogen) atoms. The number of benzene rings is 4. The molecule has 0 fully saturated rings. The first kappa shape index (κ1) is 16.4. The van der Waals surface area contributed by atoms with Gasteiger partial charge in [-0.25, -0.2) is 0 Å². The Morgan fingerprint density at radius 3 is 1.74 bits per heavy atom. The van der Waals surface area contributed by atoms with Gasteiger partial charge in [-0.1, -0.05) is 36.4 Å². The van der Waals surface area contributed by atoms with Crippen molar-refractivity contribution in [3.05, 3.63) is 101 Å². The van der Waals surface area contributed by atoms with Crippen molar-refractivity contribution in [2.24, 2.45) is 0 Å². The first-order valence-electron chi connectivity index (χ1n) is 8.91. The van der Waals surface area contributed by atoms with E-state index in [1.807, 2.05) is 0 Å². The molecule has 0 saturated heterocycles. The summed E-state index contributed by atoms with van der Waals surface area (Å²) in [6, 6.07) is 34.2. The number of aromatic nitrogens is 1. The van der Waals surface area contributed by atoms with E-state index in [2.05, 4.69) is 130 Å². The molecule has 5 aromatic rings. The van der Waals surface area contributed by atoms with Gasteiger partial charge in [-0.05, 0) is 83.3 Å². The summed E-state index contributed by atoms with van der Waals surface area (Å²) in [4.78, 5) is 5.83. The van der Waals surface area contributed by atoms with Gasteiger partial charge in [-0.3, -0.25) is 0 Å². The highest BCUT2D eigenvalue weighted by Crippen LogP contribution is 2.37. The molecular weight excluding hydrogens is 443 g/mol. The number of hydrogen-bond acceptors (Lipinski definition) is 1. The lowest BCUT2D eigenvalue weighted by Gasteiger charge is -2.25. The SMILES string of the molecule is Ic1ccc2[nH]c3ccc(N(c4ccccc4)c4ccccc4)cc3c2c1. The van der Waals surface area contributed by atoms with Crippen LogP contribution in [0, 0.1) is 3.57 Å². The second-order valence-corrected chi connectivity index (χ2v) is 7.80. The van der Waals surface area contributed by atoms with Crippen LogP contribution >= 0.6 is 22.6 Å². The molecule has 1 N–H and O–H groups in total. The quantitative estimate of drug-likeness (QED) is 0.278. The van der Waals surface area contributed by atoms with Crippen LogP contribution in [0.3, 0.4) is 0 Å². The molecule has 0 aliphatic carbocycles. The lowest BCUT2D eigenvalue weighted by Crippen LogP contribution is -2.09. The van der Waals surface area contributed by atoms with Crippen molar-refractivity contribution in [2.75, 3.05) is 4.90 Å². The zero-order valence-electron chi connectivity index (χ0n) is 14.6. The lowest BCUT2D eigenvalue weighted by molar-refractivity contribution is 1.29. The van der Waals surface area contributed by atoms with Gasteiger partial charge in [0.05, 0.1) is 0 Å². The predicted molar refractivity (Wildman–Crippen MR) is 123 cm³/mol. The van der Waals surface area contributed by atoms with Crippen LogP contribution in [0.1, 0.15) is 0 Å². The summed E-state index contributed by atoms with van der Waals surface area (Å²) in [5.41, 5.74) is 5.79. The molecule has 2 nitrogen and oxygen atoms in total.